The quantitative estimate of drug-likeness (QED) is 0.766. The van der Waals surface area contributed by atoms with Gasteiger partial charge in [0.25, 0.3) is 0 Å². The lowest BCUT2D eigenvalue weighted by Crippen LogP contribution is -2.37. The van der Waals surface area contributed by atoms with Crippen molar-refractivity contribution in [2.45, 2.75) is 39.2 Å². The minimum Gasteiger partial charge on any atom is -0.493 e. The van der Waals surface area contributed by atoms with Crippen LogP contribution in [0.15, 0.2) is 24.3 Å². The summed E-state index contributed by atoms with van der Waals surface area (Å²) < 4.78 is 10.6. The van der Waals surface area contributed by atoms with Crippen LogP contribution in [0.1, 0.15) is 44.7 Å². The Morgan fingerprint density at radius 2 is 2.04 bits per heavy atom. The molecule has 0 radical (unpaired) electrons. The van der Waals surface area contributed by atoms with Gasteiger partial charge in [-0.3, -0.25) is 14.4 Å². The third-order valence-corrected chi connectivity index (χ3v) is 5.29. The number of hydroxylamine groups is 2. The topological polar surface area (TPSA) is 65.1 Å². The molecule has 1 aromatic rings. The number of rotatable bonds is 5. The standard InChI is InChI=1S/C19H25NO5/c1-4-19(2,10-17(22)23-3)9-16(21)20-18-13(12-25-20)11-24-15-8-6-5-7-14(15)18/h5-8,13,18H,4,9-12H2,1-3H3/t13-,18+,19-/m1/s1. The fourth-order valence-corrected chi connectivity index (χ4v) is 3.51. The van der Waals surface area contributed by atoms with Crippen LogP contribution in [-0.4, -0.2) is 37.3 Å². The second-order valence-electron chi connectivity index (χ2n) is 7.16. The number of fused-ring (bicyclic) bond motifs is 3. The van der Waals surface area contributed by atoms with Gasteiger partial charge in [-0.15, -0.1) is 0 Å². The smallest absolute Gasteiger partial charge is 0.306 e. The maximum absolute atomic E-state index is 13.0. The van der Waals surface area contributed by atoms with Gasteiger partial charge < -0.3 is 9.47 Å². The predicted molar refractivity (Wildman–Crippen MR) is 90.6 cm³/mol. The molecule has 2 aliphatic heterocycles. The molecule has 0 unspecified atom stereocenters. The molecule has 6 nitrogen and oxygen atoms in total. The van der Waals surface area contributed by atoms with Crippen molar-refractivity contribution in [3.63, 3.8) is 0 Å². The van der Waals surface area contributed by atoms with Crippen molar-refractivity contribution in [2.24, 2.45) is 11.3 Å². The Kier molecular flexibility index (Phi) is 4.99. The van der Waals surface area contributed by atoms with Crippen molar-refractivity contribution in [1.29, 1.82) is 0 Å². The number of hydrogen-bond donors (Lipinski definition) is 0. The van der Waals surface area contributed by atoms with Gasteiger partial charge in [-0.2, -0.15) is 0 Å². The summed E-state index contributed by atoms with van der Waals surface area (Å²) in [5, 5.41) is 1.50. The van der Waals surface area contributed by atoms with E-state index in [1.165, 1.54) is 12.2 Å². The molecule has 2 aliphatic rings. The number of methoxy groups -OCH3 is 1. The summed E-state index contributed by atoms with van der Waals surface area (Å²) in [4.78, 5) is 30.4. The summed E-state index contributed by atoms with van der Waals surface area (Å²) >= 11 is 0. The lowest BCUT2D eigenvalue weighted by Gasteiger charge is -2.33. The summed E-state index contributed by atoms with van der Waals surface area (Å²) in [5.74, 6) is 0.540. The van der Waals surface area contributed by atoms with E-state index in [1.807, 2.05) is 38.1 Å². The Morgan fingerprint density at radius 1 is 1.28 bits per heavy atom. The highest BCUT2D eigenvalue weighted by Crippen LogP contribution is 2.44. The van der Waals surface area contributed by atoms with Crippen LogP contribution in [0.5, 0.6) is 5.75 Å². The molecule has 1 fully saturated rings. The number of carbonyl (C=O) groups is 2. The maximum Gasteiger partial charge on any atom is 0.306 e. The highest BCUT2D eigenvalue weighted by Gasteiger charge is 2.45. The highest BCUT2D eigenvalue weighted by atomic mass is 16.7. The van der Waals surface area contributed by atoms with E-state index in [2.05, 4.69) is 0 Å². The van der Waals surface area contributed by atoms with Gasteiger partial charge in [-0.25, -0.2) is 5.06 Å². The maximum atomic E-state index is 13.0. The zero-order valence-corrected chi connectivity index (χ0v) is 15.0. The normalized spacial score (nSPS) is 23.9. The Hall–Kier alpha value is -2.08. The molecule has 0 aromatic heterocycles. The molecule has 3 atom stereocenters. The third kappa shape index (κ3) is 3.49. The molecule has 1 saturated heterocycles. The molecule has 1 aromatic carbocycles. The molecule has 0 spiro atoms. The van der Waals surface area contributed by atoms with Crippen molar-refractivity contribution >= 4 is 11.9 Å². The van der Waals surface area contributed by atoms with Crippen LogP contribution >= 0.6 is 0 Å². The Morgan fingerprint density at radius 3 is 2.76 bits per heavy atom. The second-order valence-corrected chi connectivity index (χ2v) is 7.16. The van der Waals surface area contributed by atoms with E-state index in [1.54, 1.807) is 0 Å². The number of esters is 1. The van der Waals surface area contributed by atoms with Gasteiger partial charge in [-0.05, 0) is 17.9 Å². The number of amides is 1. The molecule has 0 bridgehead atoms. The molecule has 3 rings (SSSR count). The summed E-state index contributed by atoms with van der Waals surface area (Å²) in [6, 6.07) is 7.63. The first-order valence-corrected chi connectivity index (χ1v) is 8.71. The van der Waals surface area contributed by atoms with Gasteiger partial charge in [-0.1, -0.05) is 32.0 Å². The molecule has 0 aliphatic carbocycles. The average molecular weight is 347 g/mol. The van der Waals surface area contributed by atoms with Gasteiger partial charge in [0.1, 0.15) is 5.75 Å². The second kappa shape index (κ2) is 7.04. The van der Waals surface area contributed by atoms with Crippen molar-refractivity contribution in [2.75, 3.05) is 20.3 Å². The fourth-order valence-electron chi connectivity index (χ4n) is 3.51. The van der Waals surface area contributed by atoms with Gasteiger partial charge >= 0.3 is 5.97 Å². The largest absolute Gasteiger partial charge is 0.493 e. The van der Waals surface area contributed by atoms with Gasteiger partial charge in [0.05, 0.1) is 32.8 Å². The Labute approximate surface area is 148 Å². The average Bonchev–Trinajstić information content (AvgIpc) is 3.06. The zero-order chi connectivity index (χ0) is 18.0. The number of carbonyl (C=O) groups excluding carboxylic acids is 2. The van der Waals surface area contributed by atoms with E-state index in [0.29, 0.717) is 19.6 Å². The zero-order valence-electron chi connectivity index (χ0n) is 15.0. The van der Waals surface area contributed by atoms with E-state index in [4.69, 9.17) is 14.3 Å². The monoisotopic (exact) mass is 347 g/mol. The van der Waals surface area contributed by atoms with Crippen LogP contribution in [0, 0.1) is 11.3 Å². The van der Waals surface area contributed by atoms with Crippen LogP contribution in [0.4, 0.5) is 0 Å². The van der Waals surface area contributed by atoms with Crippen molar-refractivity contribution in [1.82, 2.24) is 5.06 Å². The Balaban J connectivity index is 1.78. The molecular weight excluding hydrogens is 322 g/mol. The van der Waals surface area contributed by atoms with E-state index in [9.17, 15) is 9.59 Å². The molecular formula is C19H25NO5. The first-order chi connectivity index (χ1) is 12.0. The minimum absolute atomic E-state index is 0.0996. The minimum atomic E-state index is -0.448. The van der Waals surface area contributed by atoms with Gasteiger partial charge in [0, 0.05) is 17.9 Å². The summed E-state index contributed by atoms with van der Waals surface area (Å²) in [5.41, 5.74) is 0.534. The molecule has 25 heavy (non-hydrogen) atoms. The predicted octanol–water partition coefficient (Wildman–Crippen LogP) is 2.88. The summed E-state index contributed by atoms with van der Waals surface area (Å²) in [6.07, 6.45) is 1.16. The van der Waals surface area contributed by atoms with E-state index < -0.39 is 5.41 Å². The van der Waals surface area contributed by atoms with E-state index >= 15 is 0 Å². The van der Waals surface area contributed by atoms with Gasteiger partial charge in [0.2, 0.25) is 5.91 Å². The third-order valence-electron chi connectivity index (χ3n) is 5.29. The molecule has 0 saturated carbocycles. The van der Waals surface area contributed by atoms with E-state index in [0.717, 1.165) is 11.3 Å². The summed E-state index contributed by atoms with van der Waals surface area (Å²) in [6.45, 7) is 4.92. The van der Waals surface area contributed by atoms with Crippen molar-refractivity contribution < 1.29 is 23.9 Å². The summed E-state index contributed by atoms with van der Waals surface area (Å²) in [7, 11) is 1.37. The Bertz CT molecular complexity index is 661. The van der Waals surface area contributed by atoms with Crippen molar-refractivity contribution in [3.05, 3.63) is 29.8 Å². The molecule has 6 heteroatoms. The van der Waals surface area contributed by atoms with E-state index in [-0.39, 0.29) is 36.7 Å². The number of para-hydroxylation sites is 1. The molecule has 0 N–H and O–H groups in total. The first-order valence-electron chi connectivity index (χ1n) is 8.71. The SMILES string of the molecule is CC[C@@](C)(CC(=O)OC)CC(=O)N1OC[C@H]2COc3ccccc3[C@H]21. The number of ether oxygens (including phenoxy) is 2. The first kappa shape index (κ1) is 17.7. The highest BCUT2D eigenvalue weighted by molar-refractivity contribution is 5.78. The van der Waals surface area contributed by atoms with Crippen LogP contribution in [0.3, 0.4) is 0 Å². The molecule has 1 amide bonds. The number of hydrogen-bond acceptors (Lipinski definition) is 5. The van der Waals surface area contributed by atoms with Crippen LogP contribution in [-0.2, 0) is 19.2 Å². The number of nitrogens with zero attached hydrogens (tertiary/aromatic N) is 1. The van der Waals surface area contributed by atoms with Crippen LogP contribution in [0.2, 0.25) is 0 Å². The molecule has 2 heterocycles. The van der Waals surface area contributed by atoms with Crippen molar-refractivity contribution in [3.8, 4) is 5.75 Å². The lowest BCUT2D eigenvalue weighted by atomic mass is 9.80. The molecule has 136 valence electrons. The fraction of sp³-hybridized carbons (Fsp3) is 0.579. The number of benzene rings is 1. The van der Waals surface area contributed by atoms with Gasteiger partial charge in [0.15, 0.2) is 0 Å². The van der Waals surface area contributed by atoms with Crippen LogP contribution < -0.4 is 4.74 Å². The lowest BCUT2D eigenvalue weighted by molar-refractivity contribution is -0.180. The van der Waals surface area contributed by atoms with Crippen LogP contribution in [0.25, 0.3) is 0 Å².